The summed E-state index contributed by atoms with van der Waals surface area (Å²) in [6.45, 7) is 3.76. The molecule has 2 atom stereocenters. The molecule has 0 spiro atoms. The number of amides is 2. The van der Waals surface area contributed by atoms with Gasteiger partial charge in [-0.05, 0) is 17.9 Å². The van der Waals surface area contributed by atoms with Gasteiger partial charge in [0.15, 0.2) is 0 Å². The normalized spacial score (nSPS) is 13.7. The minimum atomic E-state index is -0.664. The number of carbonyl (C=O) groups excluding carboxylic acids is 2. The summed E-state index contributed by atoms with van der Waals surface area (Å²) in [5.74, 6) is -0.515. The molecule has 0 aliphatic heterocycles. The molecular formula is C15H23N3O2. The summed E-state index contributed by atoms with van der Waals surface area (Å²) in [6, 6.07) is 8.34. The number of benzene rings is 1. The van der Waals surface area contributed by atoms with Crippen molar-refractivity contribution in [2.45, 2.75) is 32.4 Å². The van der Waals surface area contributed by atoms with E-state index in [-0.39, 0.29) is 17.7 Å². The predicted molar refractivity (Wildman–Crippen MR) is 79.0 cm³/mol. The number of nitrogens with two attached hydrogens (primary N) is 1. The van der Waals surface area contributed by atoms with Crippen LogP contribution in [-0.2, 0) is 16.0 Å². The van der Waals surface area contributed by atoms with Crippen molar-refractivity contribution in [1.29, 1.82) is 0 Å². The monoisotopic (exact) mass is 277 g/mol. The molecule has 0 fully saturated rings. The first-order valence-corrected chi connectivity index (χ1v) is 6.77. The van der Waals surface area contributed by atoms with Gasteiger partial charge in [-0.2, -0.15) is 0 Å². The lowest BCUT2D eigenvalue weighted by Gasteiger charge is -2.22. The first-order valence-electron chi connectivity index (χ1n) is 6.77. The van der Waals surface area contributed by atoms with Crippen LogP contribution in [0.2, 0.25) is 0 Å². The van der Waals surface area contributed by atoms with Crippen LogP contribution >= 0.6 is 0 Å². The molecule has 0 saturated heterocycles. The molecule has 1 aromatic carbocycles. The molecule has 1 rings (SSSR count). The Morgan fingerprint density at radius 3 is 2.25 bits per heavy atom. The van der Waals surface area contributed by atoms with Crippen molar-refractivity contribution < 1.29 is 9.59 Å². The lowest BCUT2D eigenvalue weighted by molar-refractivity contribution is -0.130. The lowest BCUT2D eigenvalue weighted by Crippen LogP contribution is -2.53. The average Bonchev–Trinajstić information content (AvgIpc) is 2.44. The van der Waals surface area contributed by atoms with Crippen LogP contribution in [0.4, 0.5) is 0 Å². The van der Waals surface area contributed by atoms with Crippen molar-refractivity contribution in [3.8, 4) is 0 Å². The SMILES string of the molecule is CNC(=O)C(NC(=O)C(N)Cc1ccccc1)C(C)C. The van der Waals surface area contributed by atoms with E-state index in [4.69, 9.17) is 5.73 Å². The van der Waals surface area contributed by atoms with Crippen LogP contribution < -0.4 is 16.4 Å². The zero-order valence-electron chi connectivity index (χ0n) is 12.2. The zero-order valence-corrected chi connectivity index (χ0v) is 12.2. The van der Waals surface area contributed by atoms with Gasteiger partial charge in [-0.1, -0.05) is 44.2 Å². The Bertz CT molecular complexity index is 446. The Morgan fingerprint density at radius 1 is 1.15 bits per heavy atom. The summed E-state index contributed by atoms with van der Waals surface area (Å²) in [4.78, 5) is 23.8. The maximum atomic E-state index is 12.1. The molecule has 5 nitrogen and oxygen atoms in total. The molecule has 20 heavy (non-hydrogen) atoms. The Hall–Kier alpha value is -1.88. The van der Waals surface area contributed by atoms with Crippen LogP contribution in [-0.4, -0.2) is 30.9 Å². The summed E-state index contributed by atoms with van der Waals surface area (Å²) >= 11 is 0. The Kier molecular flexibility index (Phi) is 6.18. The zero-order chi connectivity index (χ0) is 15.1. The molecule has 4 N–H and O–H groups in total. The molecular weight excluding hydrogens is 254 g/mol. The number of nitrogens with one attached hydrogen (secondary N) is 2. The van der Waals surface area contributed by atoms with Gasteiger partial charge in [0.25, 0.3) is 0 Å². The molecule has 1 aromatic rings. The highest BCUT2D eigenvalue weighted by molar-refractivity contribution is 5.89. The van der Waals surface area contributed by atoms with Crippen molar-refractivity contribution >= 4 is 11.8 Å². The highest BCUT2D eigenvalue weighted by atomic mass is 16.2. The number of hydrogen-bond acceptors (Lipinski definition) is 3. The van der Waals surface area contributed by atoms with E-state index in [0.29, 0.717) is 6.42 Å². The summed E-state index contributed by atoms with van der Waals surface area (Å²) < 4.78 is 0. The average molecular weight is 277 g/mol. The fourth-order valence-electron chi connectivity index (χ4n) is 1.91. The van der Waals surface area contributed by atoms with Gasteiger partial charge in [0.05, 0.1) is 6.04 Å². The third kappa shape index (κ3) is 4.66. The lowest BCUT2D eigenvalue weighted by atomic mass is 10.0. The molecule has 2 amide bonds. The highest BCUT2D eigenvalue weighted by Gasteiger charge is 2.25. The minimum absolute atomic E-state index is 0.00262. The van der Waals surface area contributed by atoms with Gasteiger partial charge < -0.3 is 16.4 Å². The maximum Gasteiger partial charge on any atom is 0.242 e. The molecule has 0 saturated carbocycles. The molecule has 0 aliphatic carbocycles. The van der Waals surface area contributed by atoms with Gasteiger partial charge in [0.1, 0.15) is 6.04 Å². The fourth-order valence-corrected chi connectivity index (χ4v) is 1.91. The van der Waals surface area contributed by atoms with E-state index in [1.54, 1.807) is 7.05 Å². The third-order valence-electron chi connectivity index (χ3n) is 3.13. The van der Waals surface area contributed by atoms with E-state index in [1.807, 2.05) is 44.2 Å². The standard InChI is InChI=1S/C15H23N3O2/c1-10(2)13(15(20)17-3)18-14(19)12(16)9-11-7-5-4-6-8-11/h4-8,10,12-13H,9,16H2,1-3H3,(H,17,20)(H,18,19). The van der Waals surface area contributed by atoms with E-state index >= 15 is 0 Å². The first-order chi connectivity index (χ1) is 9.45. The van der Waals surface area contributed by atoms with Crippen molar-refractivity contribution in [3.05, 3.63) is 35.9 Å². The van der Waals surface area contributed by atoms with Gasteiger partial charge in [0, 0.05) is 7.05 Å². The fraction of sp³-hybridized carbons (Fsp3) is 0.467. The van der Waals surface area contributed by atoms with Gasteiger partial charge in [0.2, 0.25) is 11.8 Å². The largest absolute Gasteiger partial charge is 0.357 e. The van der Waals surface area contributed by atoms with Crippen LogP contribution in [0.5, 0.6) is 0 Å². The molecule has 110 valence electrons. The van der Waals surface area contributed by atoms with Crippen molar-refractivity contribution in [1.82, 2.24) is 10.6 Å². The number of hydrogen-bond donors (Lipinski definition) is 3. The van der Waals surface area contributed by atoms with Crippen LogP contribution in [0, 0.1) is 5.92 Å². The van der Waals surface area contributed by atoms with Crippen LogP contribution in [0.15, 0.2) is 30.3 Å². The molecule has 0 heterocycles. The summed E-state index contributed by atoms with van der Waals surface area (Å²) in [7, 11) is 1.55. The van der Waals surface area contributed by atoms with E-state index < -0.39 is 12.1 Å². The number of rotatable bonds is 6. The summed E-state index contributed by atoms with van der Waals surface area (Å²) in [5.41, 5.74) is 6.89. The number of likely N-dealkylation sites (N-methyl/N-ethyl adjacent to an activating group) is 1. The molecule has 0 aliphatic rings. The smallest absolute Gasteiger partial charge is 0.242 e. The van der Waals surface area contributed by atoms with Gasteiger partial charge >= 0.3 is 0 Å². The van der Waals surface area contributed by atoms with Crippen LogP contribution in [0.25, 0.3) is 0 Å². The second-order valence-corrected chi connectivity index (χ2v) is 5.14. The van der Waals surface area contributed by atoms with E-state index in [1.165, 1.54) is 0 Å². The number of carbonyl (C=O) groups is 2. The molecule has 5 heteroatoms. The Balaban J connectivity index is 2.62. The second-order valence-electron chi connectivity index (χ2n) is 5.14. The maximum absolute atomic E-state index is 12.1. The molecule has 0 bridgehead atoms. The summed E-state index contributed by atoms with van der Waals surface area (Å²) in [5, 5.41) is 5.26. The van der Waals surface area contributed by atoms with E-state index in [2.05, 4.69) is 10.6 Å². The van der Waals surface area contributed by atoms with Crippen molar-refractivity contribution in [2.75, 3.05) is 7.05 Å². The summed E-state index contributed by atoms with van der Waals surface area (Å²) in [6.07, 6.45) is 0.450. The first kappa shape index (κ1) is 16.2. The molecule has 2 unspecified atom stereocenters. The highest BCUT2D eigenvalue weighted by Crippen LogP contribution is 2.05. The van der Waals surface area contributed by atoms with Crippen molar-refractivity contribution in [3.63, 3.8) is 0 Å². The third-order valence-corrected chi connectivity index (χ3v) is 3.13. The Labute approximate surface area is 119 Å². The molecule has 0 aromatic heterocycles. The second kappa shape index (κ2) is 7.65. The van der Waals surface area contributed by atoms with Gasteiger partial charge in [-0.3, -0.25) is 9.59 Å². The minimum Gasteiger partial charge on any atom is -0.357 e. The Morgan fingerprint density at radius 2 is 1.75 bits per heavy atom. The van der Waals surface area contributed by atoms with Gasteiger partial charge in [-0.25, -0.2) is 0 Å². The van der Waals surface area contributed by atoms with E-state index in [9.17, 15) is 9.59 Å². The van der Waals surface area contributed by atoms with Crippen LogP contribution in [0.3, 0.4) is 0 Å². The topological polar surface area (TPSA) is 84.2 Å². The van der Waals surface area contributed by atoms with E-state index in [0.717, 1.165) is 5.56 Å². The van der Waals surface area contributed by atoms with Crippen LogP contribution in [0.1, 0.15) is 19.4 Å². The van der Waals surface area contributed by atoms with Gasteiger partial charge in [-0.15, -0.1) is 0 Å². The predicted octanol–water partition coefficient (Wildman–Crippen LogP) is 0.443. The molecule has 0 radical (unpaired) electrons. The quantitative estimate of drug-likeness (QED) is 0.705. The van der Waals surface area contributed by atoms with Crippen molar-refractivity contribution in [2.24, 2.45) is 11.7 Å².